The van der Waals surface area contributed by atoms with Gasteiger partial charge in [0.05, 0.1) is 7.11 Å². The van der Waals surface area contributed by atoms with Crippen molar-refractivity contribution in [1.82, 2.24) is 5.16 Å². The van der Waals surface area contributed by atoms with E-state index in [2.05, 4.69) is 5.16 Å². The Bertz CT molecular complexity index is 609. The molecule has 5 nitrogen and oxygen atoms in total. The lowest BCUT2D eigenvalue weighted by molar-refractivity contribution is 0.0460. The minimum Gasteiger partial charge on any atom is -0.496 e. The van der Waals surface area contributed by atoms with Crippen LogP contribution in [0.2, 0.25) is 0 Å². The molecule has 2 aromatic rings. The molecule has 2 rings (SSSR count). The number of aromatic nitrogens is 1. The largest absolute Gasteiger partial charge is 0.496 e. The van der Waals surface area contributed by atoms with Crippen LogP contribution in [0.4, 0.5) is 0 Å². The molecule has 0 amide bonds. The van der Waals surface area contributed by atoms with Crippen molar-refractivity contribution in [3.8, 4) is 5.75 Å². The Balaban J connectivity index is 2.08. The van der Waals surface area contributed by atoms with Gasteiger partial charge in [-0.2, -0.15) is 0 Å². The predicted octanol–water partition coefficient (Wildman–Crippen LogP) is 3.07. The monoisotopic (exact) mass is 293 g/mol. The number of nitrogens with zero attached hydrogens (tertiary/aromatic N) is 1. The molecule has 0 unspecified atom stereocenters. The van der Waals surface area contributed by atoms with Crippen molar-refractivity contribution < 1.29 is 18.8 Å². The molecule has 0 spiro atoms. The molecule has 0 atom stereocenters. The normalized spacial score (nSPS) is 10.3. The Morgan fingerprint density at radius 3 is 2.80 bits per heavy atom. The Labute approximate surface area is 121 Å². The van der Waals surface area contributed by atoms with Gasteiger partial charge in [0.15, 0.2) is 0 Å². The number of thioether (sulfide) groups is 1. The third kappa shape index (κ3) is 3.33. The van der Waals surface area contributed by atoms with E-state index in [0.29, 0.717) is 22.8 Å². The summed E-state index contributed by atoms with van der Waals surface area (Å²) in [5.41, 5.74) is 0.973. The SMILES string of the molecule is COc1cc(SC)ccc1C(=O)OCc1cc(C)on1. The van der Waals surface area contributed by atoms with Gasteiger partial charge in [-0.15, -0.1) is 11.8 Å². The van der Waals surface area contributed by atoms with Crippen LogP contribution in [0.15, 0.2) is 33.7 Å². The number of aryl methyl sites for hydroxylation is 1. The fourth-order valence-corrected chi connectivity index (χ4v) is 2.10. The molecule has 20 heavy (non-hydrogen) atoms. The van der Waals surface area contributed by atoms with Crippen molar-refractivity contribution in [2.24, 2.45) is 0 Å². The van der Waals surface area contributed by atoms with E-state index in [9.17, 15) is 4.79 Å². The highest BCUT2D eigenvalue weighted by Crippen LogP contribution is 2.26. The van der Waals surface area contributed by atoms with Crippen LogP contribution < -0.4 is 4.74 Å². The molecule has 0 bridgehead atoms. The van der Waals surface area contributed by atoms with Crippen LogP contribution in [0.5, 0.6) is 5.75 Å². The average Bonchev–Trinajstić information content (AvgIpc) is 2.89. The molecular formula is C14H15NO4S. The van der Waals surface area contributed by atoms with Crippen LogP contribution in [0, 0.1) is 6.92 Å². The van der Waals surface area contributed by atoms with Gasteiger partial charge < -0.3 is 14.0 Å². The third-order valence-electron chi connectivity index (χ3n) is 2.66. The Hall–Kier alpha value is -1.95. The molecular weight excluding hydrogens is 278 g/mol. The summed E-state index contributed by atoms with van der Waals surface area (Å²) in [6.07, 6.45) is 1.96. The van der Waals surface area contributed by atoms with E-state index in [0.717, 1.165) is 4.90 Å². The Morgan fingerprint density at radius 2 is 2.20 bits per heavy atom. The second kappa shape index (κ2) is 6.47. The van der Waals surface area contributed by atoms with E-state index in [-0.39, 0.29) is 6.61 Å². The van der Waals surface area contributed by atoms with Crippen LogP contribution >= 0.6 is 11.8 Å². The number of esters is 1. The third-order valence-corrected chi connectivity index (χ3v) is 3.38. The minimum atomic E-state index is -0.449. The van der Waals surface area contributed by atoms with Crippen LogP contribution in [0.1, 0.15) is 21.8 Å². The number of hydrogen-bond acceptors (Lipinski definition) is 6. The fraction of sp³-hybridized carbons (Fsp3) is 0.286. The zero-order chi connectivity index (χ0) is 14.5. The van der Waals surface area contributed by atoms with Gasteiger partial charge in [0.2, 0.25) is 0 Å². The molecule has 6 heteroatoms. The molecule has 0 radical (unpaired) electrons. The summed E-state index contributed by atoms with van der Waals surface area (Å²) in [4.78, 5) is 13.1. The summed E-state index contributed by atoms with van der Waals surface area (Å²) in [6, 6.07) is 7.08. The zero-order valence-electron chi connectivity index (χ0n) is 11.5. The first-order valence-electron chi connectivity index (χ1n) is 5.95. The van der Waals surface area contributed by atoms with Gasteiger partial charge >= 0.3 is 5.97 Å². The van der Waals surface area contributed by atoms with Crippen molar-refractivity contribution in [3.05, 3.63) is 41.3 Å². The number of hydrogen-bond donors (Lipinski definition) is 0. The smallest absolute Gasteiger partial charge is 0.342 e. The van der Waals surface area contributed by atoms with E-state index in [1.165, 1.54) is 7.11 Å². The van der Waals surface area contributed by atoms with E-state index in [1.807, 2.05) is 18.4 Å². The molecule has 0 N–H and O–H groups in total. The van der Waals surface area contributed by atoms with Gasteiger partial charge in [-0.3, -0.25) is 0 Å². The van der Waals surface area contributed by atoms with Gasteiger partial charge in [-0.25, -0.2) is 4.79 Å². The van der Waals surface area contributed by atoms with E-state index >= 15 is 0 Å². The van der Waals surface area contributed by atoms with E-state index in [4.69, 9.17) is 14.0 Å². The number of rotatable bonds is 5. The molecule has 1 heterocycles. The topological polar surface area (TPSA) is 61.6 Å². The molecule has 0 saturated heterocycles. The van der Waals surface area contributed by atoms with Crippen LogP contribution in [0.25, 0.3) is 0 Å². The second-order valence-electron chi connectivity index (χ2n) is 4.07. The number of carbonyl (C=O) groups is 1. The molecule has 0 aliphatic carbocycles. The van der Waals surface area contributed by atoms with Crippen LogP contribution in [-0.2, 0) is 11.3 Å². The molecule has 1 aromatic carbocycles. The summed E-state index contributed by atoms with van der Waals surface area (Å²) in [7, 11) is 1.53. The highest BCUT2D eigenvalue weighted by molar-refractivity contribution is 7.98. The maximum atomic E-state index is 12.0. The zero-order valence-corrected chi connectivity index (χ0v) is 12.3. The van der Waals surface area contributed by atoms with Crippen molar-refractivity contribution >= 4 is 17.7 Å². The molecule has 0 aliphatic rings. The highest BCUT2D eigenvalue weighted by atomic mass is 32.2. The lowest BCUT2D eigenvalue weighted by Crippen LogP contribution is -2.07. The number of carbonyl (C=O) groups excluding carboxylic acids is 1. The van der Waals surface area contributed by atoms with Crippen molar-refractivity contribution in [2.75, 3.05) is 13.4 Å². The number of ether oxygens (including phenoxy) is 2. The Kier molecular flexibility index (Phi) is 4.68. The second-order valence-corrected chi connectivity index (χ2v) is 4.95. The molecule has 0 aliphatic heterocycles. The van der Waals surface area contributed by atoms with E-state index in [1.54, 1.807) is 30.8 Å². The summed E-state index contributed by atoms with van der Waals surface area (Å²) in [5, 5.41) is 3.76. The minimum absolute atomic E-state index is 0.0730. The van der Waals surface area contributed by atoms with E-state index < -0.39 is 5.97 Å². The fourth-order valence-electron chi connectivity index (χ4n) is 1.67. The summed E-state index contributed by atoms with van der Waals surface area (Å²) in [5.74, 6) is 0.728. The molecule has 0 fully saturated rings. The van der Waals surface area contributed by atoms with Gasteiger partial charge in [0, 0.05) is 11.0 Å². The van der Waals surface area contributed by atoms with Crippen LogP contribution in [0.3, 0.4) is 0 Å². The summed E-state index contributed by atoms with van der Waals surface area (Å²) >= 11 is 1.58. The standard InChI is InChI=1S/C14H15NO4S/c1-9-6-10(15-19-9)8-18-14(16)12-5-4-11(20-3)7-13(12)17-2/h4-7H,8H2,1-3H3. The highest BCUT2D eigenvalue weighted by Gasteiger charge is 2.15. The van der Waals surface area contributed by atoms with Gasteiger partial charge in [-0.1, -0.05) is 5.16 Å². The molecule has 106 valence electrons. The molecule has 1 aromatic heterocycles. The maximum Gasteiger partial charge on any atom is 0.342 e. The average molecular weight is 293 g/mol. The predicted molar refractivity (Wildman–Crippen MR) is 75.1 cm³/mol. The first-order chi connectivity index (χ1) is 9.63. The van der Waals surface area contributed by atoms with Gasteiger partial charge in [0.1, 0.15) is 29.4 Å². The first kappa shape index (κ1) is 14.5. The lowest BCUT2D eigenvalue weighted by atomic mass is 10.2. The number of methoxy groups -OCH3 is 1. The van der Waals surface area contributed by atoms with Crippen molar-refractivity contribution in [1.29, 1.82) is 0 Å². The molecule has 0 saturated carbocycles. The lowest BCUT2D eigenvalue weighted by Gasteiger charge is -2.09. The maximum absolute atomic E-state index is 12.0. The van der Waals surface area contributed by atoms with Crippen molar-refractivity contribution in [2.45, 2.75) is 18.4 Å². The van der Waals surface area contributed by atoms with Gasteiger partial charge in [0.25, 0.3) is 0 Å². The first-order valence-corrected chi connectivity index (χ1v) is 7.18. The Morgan fingerprint density at radius 1 is 1.40 bits per heavy atom. The quantitative estimate of drug-likeness (QED) is 0.623. The van der Waals surface area contributed by atoms with Gasteiger partial charge in [-0.05, 0) is 31.4 Å². The van der Waals surface area contributed by atoms with Crippen LogP contribution in [-0.4, -0.2) is 24.5 Å². The summed E-state index contributed by atoms with van der Waals surface area (Å²) < 4.78 is 15.3. The summed E-state index contributed by atoms with van der Waals surface area (Å²) in [6.45, 7) is 1.85. The number of benzene rings is 1. The van der Waals surface area contributed by atoms with Crippen molar-refractivity contribution in [3.63, 3.8) is 0 Å².